The van der Waals surface area contributed by atoms with Crippen molar-refractivity contribution >= 4 is 0 Å². The van der Waals surface area contributed by atoms with Crippen molar-refractivity contribution in [2.45, 2.75) is 145 Å². The average molecular weight is 595 g/mol. The zero-order valence-electron chi connectivity index (χ0n) is 22.2. The van der Waals surface area contributed by atoms with Crippen molar-refractivity contribution < 1.29 is 57.8 Å². The van der Waals surface area contributed by atoms with Gasteiger partial charge < -0.3 is 9.47 Å². The zero-order valence-corrected chi connectivity index (χ0v) is 22.2. The summed E-state index contributed by atoms with van der Waals surface area (Å²) in [4.78, 5) is 0. The van der Waals surface area contributed by atoms with Gasteiger partial charge in [-0.05, 0) is 32.1 Å². The van der Waals surface area contributed by atoms with Crippen molar-refractivity contribution in [1.29, 1.82) is 0 Å². The van der Waals surface area contributed by atoms with Gasteiger partial charge >= 0.3 is 29.9 Å². The predicted molar refractivity (Wildman–Crippen MR) is 125 cm³/mol. The minimum Gasteiger partial charge on any atom is -0.379 e. The molecule has 1 aliphatic rings. The number of hydrogen-bond acceptors (Lipinski definition) is 2. The summed E-state index contributed by atoms with van der Waals surface area (Å²) in [6, 6.07) is 0. The lowest BCUT2D eigenvalue weighted by molar-refractivity contribution is -0.422. The van der Waals surface area contributed by atoms with Crippen LogP contribution in [0.3, 0.4) is 0 Å². The lowest BCUT2D eigenvalue weighted by atomic mass is 9.94. The van der Waals surface area contributed by atoms with Gasteiger partial charge in [-0.2, -0.15) is 48.3 Å². The van der Waals surface area contributed by atoms with Crippen LogP contribution < -0.4 is 0 Å². The van der Waals surface area contributed by atoms with Gasteiger partial charge in [0.2, 0.25) is 0 Å². The van der Waals surface area contributed by atoms with E-state index in [1.165, 1.54) is 6.42 Å². The van der Waals surface area contributed by atoms with Crippen LogP contribution in [0.2, 0.25) is 0 Å². The van der Waals surface area contributed by atoms with Crippen LogP contribution in [0, 0.1) is 0 Å². The van der Waals surface area contributed by atoms with Gasteiger partial charge in [0.05, 0.1) is 12.7 Å². The van der Waals surface area contributed by atoms with Gasteiger partial charge in [-0.15, -0.1) is 0 Å². The molecule has 1 unspecified atom stereocenters. The van der Waals surface area contributed by atoms with E-state index in [4.69, 9.17) is 9.47 Å². The standard InChI is InChI=1S/C26H41F11O2/c27-22(28,23(29,30)24(31,32)25(33,34)26(35,36)37)17-13-10-8-6-4-2-1-3-5-7-9-11-14-18-38-20-21-16-12-15-19-39-21/h21H,1-20H2. The molecule has 1 atom stereocenters. The monoisotopic (exact) mass is 594 g/mol. The fraction of sp³-hybridized carbons (Fsp3) is 1.00. The second kappa shape index (κ2) is 16.6. The van der Waals surface area contributed by atoms with Crippen LogP contribution in [-0.2, 0) is 9.47 Å². The first-order valence-corrected chi connectivity index (χ1v) is 13.9. The number of halogens is 11. The number of ether oxygens (including phenoxy) is 2. The van der Waals surface area contributed by atoms with E-state index in [-0.39, 0.29) is 12.5 Å². The van der Waals surface area contributed by atoms with Crippen LogP contribution in [0.25, 0.3) is 0 Å². The summed E-state index contributed by atoms with van der Waals surface area (Å²) in [5.74, 6) is -27.2. The molecule has 234 valence electrons. The second-order valence-corrected chi connectivity index (χ2v) is 10.3. The van der Waals surface area contributed by atoms with Crippen molar-refractivity contribution in [3.05, 3.63) is 0 Å². The van der Waals surface area contributed by atoms with E-state index in [1.54, 1.807) is 0 Å². The molecule has 2 nitrogen and oxygen atoms in total. The Kier molecular flexibility index (Phi) is 15.4. The normalized spacial score (nSPS) is 18.1. The Balaban J connectivity index is 2.04. The Morgan fingerprint density at radius 2 is 1.00 bits per heavy atom. The van der Waals surface area contributed by atoms with E-state index in [0.29, 0.717) is 19.4 Å². The summed E-state index contributed by atoms with van der Waals surface area (Å²) in [6.07, 6.45) is 3.75. The molecule has 0 N–H and O–H groups in total. The SMILES string of the molecule is FC(F)(F)C(F)(F)C(F)(F)C(F)(F)C(F)(F)CCCCCCCCCCCCCCCOCC1CCCCO1. The van der Waals surface area contributed by atoms with Crippen LogP contribution in [0.4, 0.5) is 48.3 Å². The lowest BCUT2D eigenvalue weighted by Gasteiger charge is -2.37. The Labute approximate surface area is 223 Å². The molecule has 1 heterocycles. The molecule has 39 heavy (non-hydrogen) atoms. The predicted octanol–water partition coefficient (Wildman–Crippen LogP) is 10.1. The highest BCUT2D eigenvalue weighted by atomic mass is 19.4. The molecule has 0 aromatic rings. The largest absolute Gasteiger partial charge is 0.460 e. The third kappa shape index (κ3) is 11.2. The highest BCUT2D eigenvalue weighted by Crippen LogP contribution is 2.58. The van der Waals surface area contributed by atoms with E-state index in [0.717, 1.165) is 83.8 Å². The summed E-state index contributed by atoms with van der Waals surface area (Å²) in [7, 11) is 0. The highest BCUT2D eigenvalue weighted by molar-refractivity contribution is 5.06. The summed E-state index contributed by atoms with van der Waals surface area (Å²) >= 11 is 0. The molecule has 1 fully saturated rings. The molecule has 13 heteroatoms. The summed E-state index contributed by atoms with van der Waals surface area (Å²) < 4.78 is 154. The summed E-state index contributed by atoms with van der Waals surface area (Å²) in [5, 5.41) is 0. The van der Waals surface area contributed by atoms with Crippen LogP contribution >= 0.6 is 0 Å². The topological polar surface area (TPSA) is 18.5 Å². The third-order valence-electron chi connectivity index (χ3n) is 6.96. The van der Waals surface area contributed by atoms with Crippen molar-refractivity contribution in [1.82, 2.24) is 0 Å². The van der Waals surface area contributed by atoms with Gasteiger partial charge in [0.1, 0.15) is 0 Å². The molecule has 1 saturated heterocycles. The Morgan fingerprint density at radius 3 is 1.44 bits per heavy atom. The molecular weight excluding hydrogens is 553 g/mol. The van der Waals surface area contributed by atoms with Gasteiger partial charge in [-0.1, -0.05) is 70.6 Å². The van der Waals surface area contributed by atoms with Crippen LogP contribution in [0.5, 0.6) is 0 Å². The first-order chi connectivity index (χ1) is 18.1. The van der Waals surface area contributed by atoms with E-state index < -0.39 is 42.7 Å². The molecule has 0 radical (unpaired) electrons. The molecule has 0 saturated carbocycles. The van der Waals surface area contributed by atoms with Crippen molar-refractivity contribution in [2.24, 2.45) is 0 Å². The highest BCUT2D eigenvalue weighted by Gasteiger charge is 2.86. The molecule has 0 spiro atoms. The van der Waals surface area contributed by atoms with E-state index in [9.17, 15) is 48.3 Å². The number of hydrogen-bond donors (Lipinski definition) is 0. The maximum absolute atomic E-state index is 13.6. The average Bonchev–Trinajstić information content (AvgIpc) is 2.85. The van der Waals surface area contributed by atoms with E-state index in [2.05, 4.69) is 0 Å². The van der Waals surface area contributed by atoms with Crippen LogP contribution in [0.1, 0.15) is 109 Å². The Bertz CT molecular complexity index is 648. The van der Waals surface area contributed by atoms with Gasteiger partial charge in [0.15, 0.2) is 0 Å². The number of unbranched alkanes of at least 4 members (excludes halogenated alkanes) is 12. The molecule has 1 aliphatic heterocycles. The Morgan fingerprint density at radius 1 is 0.538 bits per heavy atom. The first-order valence-electron chi connectivity index (χ1n) is 13.9. The van der Waals surface area contributed by atoms with Gasteiger partial charge in [-0.3, -0.25) is 0 Å². The van der Waals surface area contributed by atoms with Crippen molar-refractivity contribution in [3.63, 3.8) is 0 Å². The second-order valence-electron chi connectivity index (χ2n) is 10.3. The van der Waals surface area contributed by atoms with E-state index >= 15 is 0 Å². The van der Waals surface area contributed by atoms with Crippen LogP contribution in [-0.4, -0.2) is 55.8 Å². The van der Waals surface area contributed by atoms with Gasteiger partial charge in [0.25, 0.3) is 0 Å². The molecular formula is C26H41F11O2. The van der Waals surface area contributed by atoms with E-state index in [1.807, 2.05) is 0 Å². The fourth-order valence-corrected chi connectivity index (χ4v) is 4.41. The molecule has 0 aromatic heterocycles. The van der Waals surface area contributed by atoms with Crippen molar-refractivity contribution in [2.75, 3.05) is 19.8 Å². The van der Waals surface area contributed by atoms with Gasteiger partial charge in [-0.25, -0.2) is 0 Å². The molecule has 0 amide bonds. The quantitative estimate of drug-likeness (QED) is 0.0973. The van der Waals surface area contributed by atoms with Crippen molar-refractivity contribution in [3.8, 4) is 0 Å². The lowest BCUT2D eigenvalue weighted by Crippen LogP contribution is -2.66. The minimum absolute atomic E-state index is 0.0652. The third-order valence-corrected chi connectivity index (χ3v) is 6.96. The molecule has 0 aromatic carbocycles. The first kappa shape index (κ1) is 36.2. The molecule has 0 bridgehead atoms. The van der Waals surface area contributed by atoms with Gasteiger partial charge in [0, 0.05) is 19.6 Å². The number of alkyl halides is 11. The maximum Gasteiger partial charge on any atom is 0.460 e. The number of rotatable bonds is 21. The minimum atomic E-state index is -7.31. The fourth-order valence-electron chi connectivity index (χ4n) is 4.41. The smallest absolute Gasteiger partial charge is 0.379 e. The summed E-state index contributed by atoms with van der Waals surface area (Å²) in [6.45, 7) is 2.21. The van der Waals surface area contributed by atoms with Crippen LogP contribution in [0.15, 0.2) is 0 Å². The Hall–Kier alpha value is -0.850. The zero-order chi connectivity index (χ0) is 29.6. The molecule has 1 rings (SSSR count). The maximum atomic E-state index is 13.6. The summed E-state index contributed by atoms with van der Waals surface area (Å²) in [5.41, 5.74) is 0. The molecule has 0 aliphatic carbocycles.